The fourth-order valence-corrected chi connectivity index (χ4v) is 4.99. The van der Waals surface area contributed by atoms with Gasteiger partial charge in [0.2, 0.25) is 5.91 Å². The molecule has 0 radical (unpaired) electrons. The lowest BCUT2D eigenvalue weighted by molar-refractivity contribution is -0.115. The largest absolute Gasteiger partial charge is 0.326 e. The molecule has 2 aromatic carbocycles. The number of benzene rings is 2. The molecule has 0 aromatic heterocycles. The summed E-state index contributed by atoms with van der Waals surface area (Å²) >= 11 is 0. The van der Waals surface area contributed by atoms with Crippen LogP contribution in [0.1, 0.15) is 31.2 Å². The monoisotopic (exact) mass is 361 g/mol. The SMILES string of the molecule is O=C(Cc1ccccc1F)Nc1ccc(S(=O)(=O)C2CCCC2)cc1. The molecule has 25 heavy (non-hydrogen) atoms. The Labute approximate surface area is 147 Å². The number of nitrogens with one attached hydrogen (secondary N) is 1. The number of carbonyl (C=O) groups excluding carboxylic acids is 1. The molecule has 2 aromatic rings. The Hall–Kier alpha value is -2.21. The first-order chi connectivity index (χ1) is 12.0. The molecule has 1 amide bonds. The van der Waals surface area contributed by atoms with Gasteiger partial charge in [-0.15, -0.1) is 0 Å². The van der Waals surface area contributed by atoms with Gasteiger partial charge in [0.1, 0.15) is 5.82 Å². The van der Waals surface area contributed by atoms with Crippen molar-refractivity contribution in [1.82, 2.24) is 0 Å². The molecule has 0 spiro atoms. The highest BCUT2D eigenvalue weighted by molar-refractivity contribution is 7.92. The molecule has 1 N–H and O–H groups in total. The van der Waals surface area contributed by atoms with Crippen molar-refractivity contribution in [3.8, 4) is 0 Å². The molecule has 1 aliphatic rings. The summed E-state index contributed by atoms with van der Waals surface area (Å²) in [7, 11) is -3.30. The van der Waals surface area contributed by atoms with Gasteiger partial charge in [0, 0.05) is 5.69 Å². The third-order valence-corrected chi connectivity index (χ3v) is 6.79. The van der Waals surface area contributed by atoms with Crippen LogP contribution in [0.3, 0.4) is 0 Å². The first-order valence-electron chi connectivity index (χ1n) is 8.34. The van der Waals surface area contributed by atoms with E-state index < -0.39 is 15.7 Å². The van der Waals surface area contributed by atoms with Gasteiger partial charge in [0.25, 0.3) is 0 Å². The Morgan fingerprint density at radius 3 is 2.32 bits per heavy atom. The lowest BCUT2D eigenvalue weighted by atomic mass is 10.1. The van der Waals surface area contributed by atoms with Crippen LogP contribution in [0.4, 0.5) is 10.1 Å². The summed E-state index contributed by atoms with van der Waals surface area (Å²) in [5, 5.41) is 2.37. The number of anilines is 1. The molecule has 3 rings (SSSR count). The zero-order valence-corrected chi connectivity index (χ0v) is 14.6. The molecule has 0 unspecified atom stereocenters. The molecule has 4 nitrogen and oxygen atoms in total. The second-order valence-corrected chi connectivity index (χ2v) is 8.52. The van der Waals surface area contributed by atoms with E-state index in [1.54, 1.807) is 30.3 Å². The van der Waals surface area contributed by atoms with E-state index in [1.165, 1.54) is 18.2 Å². The van der Waals surface area contributed by atoms with Crippen LogP contribution < -0.4 is 5.32 Å². The minimum atomic E-state index is -3.30. The van der Waals surface area contributed by atoms with Gasteiger partial charge in [-0.3, -0.25) is 4.79 Å². The predicted molar refractivity (Wildman–Crippen MR) is 94.6 cm³/mol. The highest BCUT2D eigenvalue weighted by atomic mass is 32.2. The summed E-state index contributed by atoms with van der Waals surface area (Å²) in [6.45, 7) is 0. The number of halogens is 1. The second-order valence-electron chi connectivity index (χ2n) is 6.29. The maximum Gasteiger partial charge on any atom is 0.228 e. The van der Waals surface area contributed by atoms with Gasteiger partial charge in [-0.1, -0.05) is 31.0 Å². The minimum absolute atomic E-state index is 0.0746. The van der Waals surface area contributed by atoms with Crippen molar-refractivity contribution in [3.63, 3.8) is 0 Å². The summed E-state index contributed by atoms with van der Waals surface area (Å²) in [4.78, 5) is 12.3. The van der Waals surface area contributed by atoms with Gasteiger partial charge >= 0.3 is 0 Å². The van der Waals surface area contributed by atoms with Crippen LogP contribution in [0.5, 0.6) is 0 Å². The highest BCUT2D eigenvalue weighted by Gasteiger charge is 2.30. The maximum atomic E-state index is 13.6. The van der Waals surface area contributed by atoms with Crippen LogP contribution in [0.2, 0.25) is 0 Å². The Morgan fingerprint density at radius 1 is 1.04 bits per heavy atom. The van der Waals surface area contributed by atoms with E-state index in [4.69, 9.17) is 0 Å². The van der Waals surface area contributed by atoms with E-state index in [1.807, 2.05) is 0 Å². The fraction of sp³-hybridized carbons (Fsp3) is 0.316. The number of carbonyl (C=O) groups is 1. The van der Waals surface area contributed by atoms with Crippen molar-refractivity contribution in [2.75, 3.05) is 5.32 Å². The average molecular weight is 361 g/mol. The minimum Gasteiger partial charge on any atom is -0.326 e. The van der Waals surface area contributed by atoms with E-state index in [9.17, 15) is 17.6 Å². The molecule has 1 fully saturated rings. The molecular weight excluding hydrogens is 341 g/mol. The van der Waals surface area contributed by atoms with Crippen molar-refractivity contribution in [2.24, 2.45) is 0 Å². The topological polar surface area (TPSA) is 63.2 Å². The van der Waals surface area contributed by atoms with E-state index in [0.29, 0.717) is 24.1 Å². The van der Waals surface area contributed by atoms with E-state index in [0.717, 1.165) is 12.8 Å². The van der Waals surface area contributed by atoms with Crippen LogP contribution in [0.25, 0.3) is 0 Å². The van der Waals surface area contributed by atoms with Crippen molar-refractivity contribution < 1.29 is 17.6 Å². The molecular formula is C19H20FNO3S. The van der Waals surface area contributed by atoms with Crippen LogP contribution in [0.15, 0.2) is 53.4 Å². The number of amides is 1. The average Bonchev–Trinajstić information content (AvgIpc) is 3.13. The van der Waals surface area contributed by atoms with Crippen molar-refractivity contribution in [3.05, 3.63) is 59.9 Å². The lowest BCUT2D eigenvalue weighted by Crippen LogP contribution is -2.18. The molecule has 0 saturated heterocycles. The van der Waals surface area contributed by atoms with Crippen LogP contribution in [-0.2, 0) is 21.1 Å². The predicted octanol–water partition coefficient (Wildman–Crippen LogP) is 3.72. The second kappa shape index (κ2) is 7.35. The molecule has 1 saturated carbocycles. The summed E-state index contributed by atoms with van der Waals surface area (Å²) in [5.74, 6) is -0.771. The number of sulfone groups is 1. The van der Waals surface area contributed by atoms with Gasteiger partial charge in [-0.25, -0.2) is 12.8 Å². The molecule has 1 aliphatic carbocycles. The van der Waals surface area contributed by atoms with Gasteiger partial charge < -0.3 is 5.32 Å². The molecule has 0 bridgehead atoms. The Balaban J connectivity index is 1.66. The summed E-state index contributed by atoms with van der Waals surface area (Å²) < 4.78 is 38.6. The highest BCUT2D eigenvalue weighted by Crippen LogP contribution is 2.30. The number of hydrogen-bond donors (Lipinski definition) is 1. The van der Waals surface area contributed by atoms with Gasteiger partial charge in [0.05, 0.1) is 16.6 Å². The smallest absolute Gasteiger partial charge is 0.228 e. The van der Waals surface area contributed by atoms with Crippen LogP contribution in [-0.4, -0.2) is 19.6 Å². The molecule has 0 atom stereocenters. The molecule has 0 heterocycles. The van der Waals surface area contributed by atoms with Crippen LogP contribution in [0, 0.1) is 5.82 Å². The quantitative estimate of drug-likeness (QED) is 0.883. The van der Waals surface area contributed by atoms with E-state index in [2.05, 4.69) is 5.32 Å². The molecule has 6 heteroatoms. The van der Waals surface area contributed by atoms with Gasteiger partial charge in [-0.2, -0.15) is 0 Å². The lowest BCUT2D eigenvalue weighted by Gasteiger charge is -2.12. The maximum absolute atomic E-state index is 13.6. The Morgan fingerprint density at radius 2 is 1.68 bits per heavy atom. The van der Waals surface area contributed by atoms with Crippen molar-refractivity contribution in [1.29, 1.82) is 0 Å². The Bertz CT molecular complexity index is 856. The van der Waals surface area contributed by atoms with Crippen LogP contribution >= 0.6 is 0 Å². The first kappa shape index (κ1) is 17.6. The van der Waals surface area contributed by atoms with Gasteiger partial charge in [-0.05, 0) is 48.7 Å². The standard InChI is InChI=1S/C19H20FNO3S/c20-18-8-4-1-5-14(18)13-19(22)21-15-9-11-17(12-10-15)25(23,24)16-6-2-3-7-16/h1,4-5,8-12,16H,2-3,6-7,13H2,(H,21,22). The first-order valence-corrected chi connectivity index (χ1v) is 9.88. The van der Waals surface area contributed by atoms with E-state index in [-0.39, 0.29) is 22.5 Å². The van der Waals surface area contributed by atoms with Crippen molar-refractivity contribution in [2.45, 2.75) is 42.2 Å². The van der Waals surface area contributed by atoms with E-state index >= 15 is 0 Å². The fourth-order valence-electron chi connectivity index (χ4n) is 3.14. The number of rotatable bonds is 5. The third kappa shape index (κ3) is 4.07. The zero-order chi connectivity index (χ0) is 17.9. The zero-order valence-electron chi connectivity index (χ0n) is 13.7. The Kier molecular flexibility index (Phi) is 5.18. The third-order valence-electron chi connectivity index (χ3n) is 4.52. The summed E-state index contributed by atoms with van der Waals surface area (Å²) in [6, 6.07) is 12.3. The summed E-state index contributed by atoms with van der Waals surface area (Å²) in [5.41, 5.74) is 0.812. The summed E-state index contributed by atoms with van der Waals surface area (Å²) in [6.07, 6.45) is 3.25. The van der Waals surface area contributed by atoms with Crippen molar-refractivity contribution >= 4 is 21.4 Å². The number of hydrogen-bond acceptors (Lipinski definition) is 3. The van der Waals surface area contributed by atoms with Gasteiger partial charge in [0.15, 0.2) is 9.84 Å². The molecule has 0 aliphatic heterocycles. The normalized spacial score (nSPS) is 15.2. The molecule has 132 valence electrons.